The van der Waals surface area contributed by atoms with E-state index in [0.29, 0.717) is 24.0 Å². The van der Waals surface area contributed by atoms with Gasteiger partial charge in [0.15, 0.2) is 19.7 Å². The van der Waals surface area contributed by atoms with Crippen LogP contribution in [-0.2, 0) is 45.8 Å². The van der Waals surface area contributed by atoms with E-state index in [4.69, 9.17) is 0 Å². The molecule has 3 aromatic carbocycles. The Bertz CT molecular complexity index is 1580. The normalized spacial score (nSPS) is 13.0. The highest BCUT2D eigenvalue weighted by molar-refractivity contribution is 7.95. The van der Waals surface area contributed by atoms with Crippen LogP contribution in [0, 0.1) is 5.92 Å². The molecule has 1 N–H and O–H groups in total. The second-order valence-electron chi connectivity index (χ2n) is 10.3. The third kappa shape index (κ3) is 9.92. The van der Waals surface area contributed by atoms with Crippen LogP contribution in [-0.4, -0.2) is 48.7 Å². The Morgan fingerprint density at radius 1 is 0.714 bits per heavy atom. The van der Waals surface area contributed by atoms with Gasteiger partial charge in [-0.05, 0) is 29.7 Å². The van der Waals surface area contributed by atoms with Gasteiger partial charge in [-0.3, -0.25) is 4.79 Å². The van der Waals surface area contributed by atoms with E-state index in [-0.39, 0.29) is 27.7 Å². The van der Waals surface area contributed by atoms with Crippen LogP contribution in [0.2, 0.25) is 0 Å². The van der Waals surface area contributed by atoms with Crippen molar-refractivity contribution in [2.24, 2.45) is 5.92 Å². The number of carbonyl (C=O) groups is 1. The van der Waals surface area contributed by atoms with Gasteiger partial charge in [-0.2, -0.15) is 0 Å². The molecule has 11 heteroatoms. The van der Waals surface area contributed by atoms with Gasteiger partial charge in [0, 0.05) is 0 Å². The highest BCUT2D eigenvalue weighted by Gasteiger charge is 2.34. The van der Waals surface area contributed by atoms with Crippen LogP contribution >= 0.6 is 0 Å². The fourth-order valence-corrected chi connectivity index (χ4v) is 9.46. The molecule has 0 bridgehead atoms. The van der Waals surface area contributed by atoms with E-state index in [9.17, 15) is 30.0 Å². The lowest BCUT2D eigenvalue weighted by Crippen LogP contribution is -2.45. The summed E-state index contributed by atoms with van der Waals surface area (Å²) in [5.74, 6) is -4.51. The van der Waals surface area contributed by atoms with Gasteiger partial charge in [-0.15, -0.1) is 0 Å². The Hall–Kier alpha value is -3.28. The predicted molar refractivity (Wildman–Crippen MR) is 166 cm³/mol. The minimum Gasteiger partial charge on any atom is -0.348 e. The second-order valence-corrected chi connectivity index (χ2v) is 16.5. The first kappa shape index (κ1) is 33.2. The van der Waals surface area contributed by atoms with Crippen molar-refractivity contribution in [3.05, 3.63) is 114 Å². The lowest BCUT2D eigenvalue weighted by molar-refractivity contribution is -0.124. The minimum absolute atomic E-state index is 0.0122. The Morgan fingerprint density at radius 3 is 1.57 bits per heavy atom. The molecule has 1 atom stereocenters. The molecule has 0 heterocycles. The maximum absolute atomic E-state index is 13.7. The molecule has 0 saturated heterocycles. The average molecular weight is 632 g/mol. The smallest absolute Gasteiger partial charge is 0.225 e. The number of rotatable bonds is 16. The van der Waals surface area contributed by atoms with Crippen molar-refractivity contribution in [3.63, 3.8) is 0 Å². The van der Waals surface area contributed by atoms with Crippen molar-refractivity contribution < 1.29 is 30.0 Å². The Morgan fingerprint density at radius 2 is 1.14 bits per heavy atom. The number of benzene rings is 3. The minimum atomic E-state index is -4.04. The summed E-state index contributed by atoms with van der Waals surface area (Å²) in [6.45, 7) is 5.70. The third-order valence-electron chi connectivity index (χ3n) is 6.69. The first-order chi connectivity index (χ1) is 19.8. The van der Waals surface area contributed by atoms with Crippen molar-refractivity contribution in [2.45, 2.75) is 48.6 Å². The first-order valence-corrected chi connectivity index (χ1v) is 18.7. The fourth-order valence-electron chi connectivity index (χ4n) is 4.54. The van der Waals surface area contributed by atoms with Crippen LogP contribution in [0.1, 0.15) is 37.3 Å². The molecule has 226 valence electrons. The summed E-state index contributed by atoms with van der Waals surface area (Å²) in [4.78, 5) is 13.4. The van der Waals surface area contributed by atoms with E-state index in [1.54, 1.807) is 78.9 Å². The van der Waals surface area contributed by atoms with Crippen LogP contribution in [0.3, 0.4) is 0 Å². The van der Waals surface area contributed by atoms with Gasteiger partial charge in [0.1, 0.15) is 0 Å². The molecule has 8 nitrogen and oxygen atoms in total. The fraction of sp³-hybridized carbons (Fsp3) is 0.323. The molecule has 42 heavy (non-hydrogen) atoms. The molecule has 1 amide bonds. The van der Waals surface area contributed by atoms with Crippen LogP contribution in [0.25, 0.3) is 0 Å². The number of nitrogens with one attached hydrogen (secondary N) is 1. The summed E-state index contributed by atoms with van der Waals surface area (Å²) < 4.78 is 79.4. The van der Waals surface area contributed by atoms with Crippen LogP contribution < -0.4 is 5.32 Å². The van der Waals surface area contributed by atoms with E-state index < -0.39 is 58.9 Å². The summed E-state index contributed by atoms with van der Waals surface area (Å²) in [6, 6.07) is 23.4. The van der Waals surface area contributed by atoms with Crippen molar-refractivity contribution >= 4 is 35.4 Å². The van der Waals surface area contributed by atoms with Gasteiger partial charge < -0.3 is 5.32 Å². The largest absolute Gasteiger partial charge is 0.348 e. The monoisotopic (exact) mass is 631 g/mol. The van der Waals surface area contributed by atoms with Gasteiger partial charge in [-0.25, -0.2) is 25.3 Å². The topological polar surface area (TPSA) is 132 Å². The molecule has 0 spiro atoms. The summed E-state index contributed by atoms with van der Waals surface area (Å²) in [6.07, 6.45) is 1.48. The molecule has 0 fully saturated rings. The number of carbonyl (C=O) groups excluding carboxylic acids is 1. The zero-order chi connectivity index (χ0) is 30.8. The number of amides is 1. The summed E-state index contributed by atoms with van der Waals surface area (Å²) >= 11 is 0. The van der Waals surface area contributed by atoms with Crippen molar-refractivity contribution in [1.82, 2.24) is 5.32 Å². The Kier molecular flexibility index (Phi) is 11.7. The van der Waals surface area contributed by atoms with Gasteiger partial charge in [0.25, 0.3) is 0 Å². The third-order valence-corrected chi connectivity index (χ3v) is 11.9. The zero-order valence-corrected chi connectivity index (χ0v) is 26.0. The molecular formula is C31H37NO7S3. The predicted octanol–water partition coefficient (Wildman–Crippen LogP) is 4.50. The van der Waals surface area contributed by atoms with Crippen molar-refractivity contribution in [2.75, 3.05) is 11.5 Å². The van der Waals surface area contributed by atoms with Crippen LogP contribution in [0.4, 0.5) is 0 Å². The van der Waals surface area contributed by atoms with E-state index in [0.717, 1.165) is 0 Å². The number of hydrogen-bond donors (Lipinski definition) is 1. The van der Waals surface area contributed by atoms with E-state index in [1.807, 2.05) is 6.92 Å². The lowest BCUT2D eigenvalue weighted by atomic mass is 10.1. The molecule has 0 saturated carbocycles. The van der Waals surface area contributed by atoms with E-state index in [2.05, 4.69) is 11.9 Å². The molecule has 0 unspecified atom stereocenters. The Labute approximate surface area is 249 Å². The maximum atomic E-state index is 13.7. The molecule has 0 radical (unpaired) electrons. The average Bonchev–Trinajstić information content (AvgIpc) is 2.95. The van der Waals surface area contributed by atoms with Gasteiger partial charge in [-0.1, -0.05) is 105 Å². The second kappa shape index (κ2) is 14.8. The zero-order valence-electron chi connectivity index (χ0n) is 23.6. The quantitative estimate of drug-likeness (QED) is 0.246. The molecule has 0 aliphatic carbocycles. The van der Waals surface area contributed by atoms with Gasteiger partial charge in [0.05, 0.1) is 44.8 Å². The number of hydrogen-bond acceptors (Lipinski definition) is 7. The molecule has 0 aliphatic heterocycles. The summed E-state index contributed by atoms with van der Waals surface area (Å²) in [5, 5.41) is 2.65. The first-order valence-electron chi connectivity index (χ1n) is 13.6. The highest BCUT2D eigenvalue weighted by Crippen LogP contribution is 2.24. The van der Waals surface area contributed by atoms with E-state index in [1.165, 1.54) is 12.1 Å². The van der Waals surface area contributed by atoms with Crippen molar-refractivity contribution in [3.8, 4) is 0 Å². The standard InChI is InChI=1S/C31H37NO7S3/c1-3-4-20-30(25(2)42(38,39)29-18-12-7-13-19-29)32-31(33)28(23-40(34,35)21-26-14-8-5-9-15-26)24-41(36,37)22-27-16-10-6-11-17-27/h5-19,28,30H,2-4,20-24H2,1H3,(H,32,33)/t30-/m0/s1. The summed E-state index contributed by atoms with van der Waals surface area (Å²) in [5.41, 5.74) is 1.01. The van der Waals surface area contributed by atoms with Crippen LogP contribution in [0.5, 0.6) is 0 Å². The molecule has 3 aromatic rings. The summed E-state index contributed by atoms with van der Waals surface area (Å²) in [7, 11) is -11.9. The molecule has 0 aromatic heterocycles. The maximum Gasteiger partial charge on any atom is 0.225 e. The van der Waals surface area contributed by atoms with Gasteiger partial charge in [0.2, 0.25) is 15.7 Å². The van der Waals surface area contributed by atoms with E-state index >= 15 is 0 Å². The van der Waals surface area contributed by atoms with Crippen LogP contribution in [0.15, 0.2) is 107 Å². The lowest BCUT2D eigenvalue weighted by Gasteiger charge is -2.24. The van der Waals surface area contributed by atoms with Crippen molar-refractivity contribution in [1.29, 1.82) is 0 Å². The Balaban J connectivity index is 1.91. The SMILES string of the molecule is C=C([C@H](CCCC)NC(=O)C(CS(=O)(=O)Cc1ccccc1)CS(=O)(=O)Cc1ccccc1)S(=O)(=O)c1ccccc1. The number of unbranched alkanes of at least 4 members (excludes halogenated alkanes) is 1. The highest BCUT2D eigenvalue weighted by atomic mass is 32.2. The van der Waals surface area contributed by atoms with Gasteiger partial charge >= 0.3 is 0 Å². The molecule has 0 aliphatic rings. The molecule has 3 rings (SSSR count). The number of sulfone groups is 3. The molecular weight excluding hydrogens is 595 g/mol.